The number of rotatable bonds is 6. The first-order valence-electron chi connectivity index (χ1n) is 7.35. The molecule has 0 unspecified atom stereocenters. The normalized spacial score (nSPS) is 10.4. The van der Waals surface area contributed by atoms with Gasteiger partial charge in [0.2, 0.25) is 0 Å². The predicted octanol–water partition coefficient (Wildman–Crippen LogP) is 3.08. The van der Waals surface area contributed by atoms with Gasteiger partial charge in [0.25, 0.3) is 5.91 Å². The summed E-state index contributed by atoms with van der Waals surface area (Å²) in [5.41, 5.74) is 1.95. The van der Waals surface area contributed by atoms with Crippen molar-refractivity contribution in [3.63, 3.8) is 0 Å². The fourth-order valence-corrected chi connectivity index (χ4v) is 1.90. The summed E-state index contributed by atoms with van der Waals surface area (Å²) in [5, 5.41) is 2.59. The van der Waals surface area contributed by atoms with Gasteiger partial charge in [0.05, 0.1) is 0 Å². The fraction of sp³-hybridized carbons (Fsp3) is 0.105. The number of hydrogen-bond acceptors (Lipinski definition) is 4. The Balaban J connectivity index is 1.79. The molecule has 0 aliphatic carbocycles. The molecule has 2 aromatic rings. The summed E-state index contributed by atoms with van der Waals surface area (Å²) in [7, 11) is 0. The largest absolute Gasteiger partial charge is 0.452 e. The Hall–Kier alpha value is -3.21. The van der Waals surface area contributed by atoms with Crippen LogP contribution >= 0.6 is 0 Å². The van der Waals surface area contributed by atoms with E-state index in [1.807, 2.05) is 30.3 Å². The zero-order chi connectivity index (χ0) is 17.4. The number of benzene rings is 2. The summed E-state index contributed by atoms with van der Waals surface area (Å²) in [5.74, 6) is -1.10. The minimum Gasteiger partial charge on any atom is -0.452 e. The number of esters is 1. The van der Waals surface area contributed by atoms with Gasteiger partial charge in [-0.05, 0) is 42.8 Å². The van der Waals surface area contributed by atoms with Crippen LogP contribution in [0.4, 0.5) is 5.69 Å². The van der Waals surface area contributed by atoms with Gasteiger partial charge >= 0.3 is 5.97 Å². The van der Waals surface area contributed by atoms with E-state index in [0.29, 0.717) is 11.3 Å². The van der Waals surface area contributed by atoms with Gasteiger partial charge in [0, 0.05) is 17.3 Å². The molecule has 0 heterocycles. The molecule has 1 N–H and O–H groups in total. The highest BCUT2D eigenvalue weighted by Gasteiger charge is 2.06. The Morgan fingerprint density at radius 2 is 1.67 bits per heavy atom. The Bertz CT molecular complexity index is 749. The molecule has 0 bridgehead atoms. The molecule has 24 heavy (non-hydrogen) atoms. The maximum atomic E-state index is 11.7. The maximum Gasteiger partial charge on any atom is 0.331 e. The van der Waals surface area contributed by atoms with Gasteiger partial charge in [-0.3, -0.25) is 9.59 Å². The second-order valence-electron chi connectivity index (χ2n) is 5.03. The van der Waals surface area contributed by atoms with Crippen LogP contribution in [0.15, 0.2) is 60.7 Å². The topological polar surface area (TPSA) is 72.5 Å². The van der Waals surface area contributed by atoms with Gasteiger partial charge < -0.3 is 10.1 Å². The second-order valence-corrected chi connectivity index (χ2v) is 5.03. The summed E-state index contributed by atoms with van der Waals surface area (Å²) in [6.45, 7) is 1.09. The molecule has 0 aliphatic rings. The number of nitrogens with one attached hydrogen (secondary N) is 1. The SMILES string of the molecule is CC(=O)c1ccc(NC(=O)COC(=O)C=Cc2ccccc2)cc1. The van der Waals surface area contributed by atoms with Crippen LogP contribution in [0.1, 0.15) is 22.8 Å². The molecule has 2 aromatic carbocycles. The van der Waals surface area contributed by atoms with E-state index in [1.54, 1.807) is 30.3 Å². The summed E-state index contributed by atoms with van der Waals surface area (Å²) >= 11 is 0. The van der Waals surface area contributed by atoms with E-state index in [-0.39, 0.29) is 12.4 Å². The third kappa shape index (κ3) is 5.53. The highest BCUT2D eigenvalue weighted by atomic mass is 16.5. The van der Waals surface area contributed by atoms with Crippen LogP contribution in [0.3, 0.4) is 0 Å². The molecule has 122 valence electrons. The van der Waals surface area contributed by atoms with Crippen LogP contribution in [0, 0.1) is 0 Å². The van der Waals surface area contributed by atoms with Crippen molar-refractivity contribution in [2.45, 2.75) is 6.92 Å². The summed E-state index contributed by atoms with van der Waals surface area (Å²) in [6.07, 6.45) is 2.88. The molecule has 0 aromatic heterocycles. The lowest BCUT2D eigenvalue weighted by atomic mass is 10.1. The molecule has 0 saturated heterocycles. The van der Waals surface area contributed by atoms with Crippen LogP contribution in [-0.4, -0.2) is 24.3 Å². The summed E-state index contributed by atoms with van der Waals surface area (Å²) in [4.78, 5) is 34.5. The van der Waals surface area contributed by atoms with Gasteiger partial charge in [0.15, 0.2) is 12.4 Å². The van der Waals surface area contributed by atoms with Gasteiger partial charge in [0.1, 0.15) is 0 Å². The molecular formula is C19H17NO4. The van der Waals surface area contributed by atoms with Crippen LogP contribution < -0.4 is 5.32 Å². The first-order valence-corrected chi connectivity index (χ1v) is 7.35. The number of amides is 1. The van der Waals surface area contributed by atoms with E-state index in [0.717, 1.165) is 5.56 Å². The zero-order valence-electron chi connectivity index (χ0n) is 13.2. The molecule has 5 nitrogen and oxygen atoms in total. The molecule has 0 atom stereocenters. The zero-order valence-corrected chi connectivity index (χ0v) is 13.2. The monoisotopic (exact) mass is 323 g/mol. The van der Waals surface area contributed by atoms with Crippen molar-refractivity contribution < 1.29 is 19.1 Å². The molecule has 1 amide bonds. The molecular weight excluding hydrogens is 306 g/mol. The number of carbonyl (C=O) groups is 3. The van der Waals surface area contributed by atoms with E-state index in [4.69, 9.17) is 4.74 Å². The van der Waals surface area contributed by atoms with Gasteiger partial charge in [-0.2, -0.15) is 0 Å². The van der Waals surface area contributed by atoms with Crippen LogP contribution in [-0.2, 0) is 14.3 Å². The van der Waals surface area contributed by atoms with Crippen molar-refractivity contribution in [3.8, 4) is 0 Å². The number of ketones is 1. The van der Waals surface area contributed by atoms with E-state index in [9.17, 15) is 14.4 Å². The van der Waals surface area contributed by atoms with Crippen molar-refractivity contribution in [1.29, 1.82) is 0 Å². The number of anilines is 1. The highest BCUT2D eigenvalue weighted by Crippen LogP contribution is 2.10. The average molecular weight is 323 g/mol. The predicted molar refractivity (Wildman–Crippen MR) is 91.5 cm³/mol. The Morgan fingerprint density at radius 1 is 1.00 bits per heavy atom. The number of hydrogen-bond donors (Lipinski definition) is 1. The minimum absolute atomic E-state index is 0.0491. The summed E-state index contributed by atoms with van der Waals surface area (Å²) < 4.78 is 4.87. The second kappa shape index (κ2) is 8.43. The quantitative estimate of drug-likeness (QED) is 0.504. The van der Waals surface area contributed by atoms with Crippen molar-refractivity contribution >= 4 is 29.4 Å². The van der Waals surface area contributed by atoms with Crippen molar-refractivity contribution in [3.05, 3.63) is 71.8 Å². The fourth-order valence-electron chi connectivity index (χ4n) is 1.90. The lowest BCUT2D eigenvalue weighted by molar-refractivity contribution is -0.142. The van der Waals surface area contributed by atoms with E-state index < -0.39 is 11.9 Å². The molecule has 0 aliphatic heterocycles. The Labute approximate surface area is 140 Å². The van der Waals surface area contributed by atoms with Gasteiger partial charge in [-0.15, -0.1) is 0 Å². The molecule has 2 rings (SSSR count). The molecule has 0 spiro atoms. The minimum atomic E-state index is -0.596. The Kier molecular flexibility index (Phi) is 6.02. The Morgan fingerprint density at radius 3 is 2.29 bits per heavy atom. The molecule has 5 heteroatoms. The van der Waals surface area contributed by atoms with Crippen molar-refractivity contribution in [2.24, 2.45) is 0 Å². The third-order valence-electron chi connectivity index (χ3n) is 3.13. The smallest absolute Gasteiger partial charge is 0.331 e. The molecule has 0 radical (unpaired) electrons. The first-order chi connectivity index (χ1) is 11.5. The average Bonchev–Trinajstić information content (AvgIpc) is 2.59. The van der Waals surface area contributed by atoms with Crippen molar-refractivity contribution in [2.75, 3.05) is 11.9 Å². The number of Topliss-reactive ketones (excluding diaryl/α,β-unsaturated/α-hetero) is 1. The first kappa shape index (κ1) is 17.1. The standard InChI is InChI=1S/C19H17NO4/c1-14(21)16-8-10-17(11-9-16)20-18(22)13-24-19(23)12-7-15-5-3-2-4-6-15/h2-12H,13H2,1H3,(H,20,22). The van der Waals surface area contributed by atoms with Gasteiger partial charge in [-0.1, -0.05) is 30.3 Å². The van der Waals surface area contributed by atoms with E-state index in [2.05, 4.69) is 5.32 Å². The van der Waals surface area contributed by atoms with Crippen LogP contribution in [0.5, 0.6) is 0 Å². The van der Waals surface area contributed by atoms with Crippen molar-refractivity contribution in [1.82, 2.24) is 0 Å². The number of ether oxygens (including phenoxy) is 1. The molecule has 0 fully saturated rings. The summed E-state index contributed by atoms with van der Waals surface area (Å²) in [6, 6.07) is 15.8. The highest BCUT2D eigenvalue weighted by molar-refractivity contribution is 5.96. The van der Waals surface area contributed by atoms with Gasteiger partial charge in [-0.25, -0.2) is 4.79 Å². The lowest BCUT2D eigenvalue weighted by Crippen LogP contribution is -2.20. The van der Waals surface area contributed by atoms with Crippen LogP contribution in [0.2, 0.25) is 0 Å². The van der Waals surface area contributed by atoms with Crippen LogP contribution in [0.25, 0.3) is 6.08 Å². The number of carbonyl (C=O) groups excluding carboxylic acids is 3. The lowest BCUT2D eigenvalue weighted by Gasteiger charge is -2.06. The third-order valence-corrected chi connectivity index (χ3v) is 3.13. The van der Waals surface area contributed by atoms with E-state index >= 15 is 0 Å². The molecule has 0 saturated carbocycles. The maximum absolute atomic E-state index is 11.7. The van der Waals surface area contributed by atoms with E-state index in [1.165, 1.54) is 13.0 Å².